The predicted molar refractivity (Wildman–Crippen MR) is 65.0 cm³/mol. The summed E-state index contributed by atoms with van der Waals surface area (Å²) < 4.78 is 13.9. The first-order valence-corrected chi connectivity index (χ1v) is 5.53. The molecule has 0 unspecified atom stereocenters. The number of nitrogens with zero attached hydrogens (tertiary/aromatic N) is 3. The minimum Gasteiger partial charge on any atom is -0.293 e. The van der Waals surface area contributed by atoms with Crippen LogP contribution in [-0.2, 0) is 0 Å². The van der Waals surface area contributed by atoms with Crippen LogP contribution in [0.15, 0.2) is 18.5 Å². The van der Waals surface area contributed by atoms with Gasteiger partial charge in [-0.1, -0.05) is 11.6 Å². The quantitative estimate of drug-likeness (QED) is 0.619. The molecule has 0 aliphatic rings. The maximum atomic E-state index is 13.9. The molecule has 0 saturated carbocycles. The third-order valence-corrected chi connectivity index (χ3v) is 2.58. The number of hydrogen-bond acceptors (Lipinski definition) is 4. The van der Waals surface area contributed by atoms with Crippen LogP contribution in [0.2, 0.25) is 5.15 Å². The number of aryl methyl sites for hydroxylation is 1. The average Bonchev–Trinajstić information content (AvgIpc) is 2.33. The second kappa shape index (κ2) is 4.78. The van der Waals surface area contributed by atoms with Crippen LogP contribution >= 0.6 is 11.6 Å². The smallest absolute Gasteiger partial charge is 0.180 e. The van der Waals surface area contributed by atoms with Crippen molar-refractivity contribution >= 4 is 17.4 Å². The Labute approximate surface area is 108 Å². The van der Waals surface area contributed by atoms with Gasteiger partial charge in [0.1, 0.15) is 11.4 Å². The SMILES string of the molecule is CC(=O)c1nccnc1-c1cc(C)nc(Cl)c1F. The van der Waals surface area contributed by atoms with Gasteiger partial charge in [0, 0.05) is 30.6 Å². The van der Waals surface area contributed by atoms with Gasteiger partial charge in [-0.25, -0.2) is 14.4 Å². The molecule has 92 valence electrons. The summed E-state index contributed by atoms with van der Waals surface area (Å²) in [6.07, 6.45) is 2.78. The fourth-order valence-corrected chi connectivity index (χ4v) is 1.82. The molecule has 0 aliphatic heterocycles. The van der Waals surface area contributed by atoms with E-state index in [0.29, 0.717) is 5.69 Å². The zero-order valence-electron chi connectivity index (χ0n) is 9.74. The van der Waals surface area contributed by atoms with Gasteiger partial charge in [0.25, 0.3) is 0 Å². The molecule has 0 amide bonds. The number of ketones is 1. The molecule has 4 nitrogen and oxygen atoms in total. The summed E-state index contributed by atoms with van der Waals surface area (Å²) in [5.41, 5.74) is 0.954. The minimum atomic E-state index is -0.703. The Morgan fingerprint density at radius 2 is 2.00 bits per heavy atom. The molecule has 2 rings (SSSR count). The Balaban J connectivity index is 2.73. The number of Topliss-reactive ketones (excluding diaryl/α,β-unsaturated/α-hetero) is 1. The standard InChI is InChI=1S/C12H9ClFN3O/c1-6-5-8(9(14)12(13)17-6)11-10(7(2)18)15-3-4-16-11/h3-5H,1-2H3. The molecule has 0 atom stereocenters. The monoisotopic (exact) mass is 265 g/mol. The molecule has 0 aliphatic carbocycles. The minimum absolute atomic E-state index is 0.109. The second-order valence-electron chi connectivity index (χ2n) is 3.73. The summed E-state index contributed by atoms with van der Waals surface area (Å²) in [6, 6.07) is 1.48. The molecule has 0 fully saturated rings. The van der Waals surface area contributed by atoms with Gasteiger partial charge in [0.05, 0.1) is 0 Å². The Bertz CT molecular complexity index is 631. The number of carbonyl (C=O) groups is 1. The van der Waals surface area contributed by atoms with E-state index in [1.165, 1.54) is 25.4 Å². The van der Waals surface area contributed by atoms with Crippen LogP contribution in [0.25, 0.3) is 11.3 Å². The summed E-state index contributed by atoms with van der Waals surface area (Å²) in [5, 5.41) is -0.245. The van der Waals surface area contributed by atoms with Crippen molar-refractivity contribution in [1.82, 2.24) is 15.0 Å². The largest absolute Gasteiger partial charge is 0.293 e. The summed E-state index contributed by atoms with van der Waals surface area (Å²) >= 11 is 5.68. The van der Waals surface area contributed by atoms with Gasteiger partial charge in [-0.3, -0.25) is 9.78 Å². The van der Waals surface area contributed by atoms with Crippen molar-refractivity contribution in [3.05, 3.63) is 40.8 Å². The fraction of sp³-hybridized carbons (Fsp3) is 0.167. The van der Waals surface area contributed by atoms with E-state index in [1.54, 1.807) is 6.92 Å². The molecule has 18 heavy (non-hydrogen) atoms. The Kier molecular flexibility index (Phi) is 3.34. The van der Waals surface area contributed by atoms with Crippen molar-refractivity contribution in [2.75, 3.05) is 0 Å². The molecule has 0 radical (unpaired) electrons. The number of aromatic nitrogens is 3. The summed E-state index contributed by atoms with van der Waals surface area (Å²) in [7, 11) is 0. The third kappa shape index (κ3) is 2.22. The van der Waals surface area contributed by atoms with Gasteiger partial charge in [0.2, 0.25) is 0 Å². The van der Waals surface area contributed by atoms with E-state index < -0.39 is 5.82 Å². The van der Waals surface area contributed by atoms with Crippen LogP contribution in [-0.4, -0.2) is 20.7 Å². The molecule has 2 aromatic rings. The summed E-state index contributed by atoms with van der Waals surface area (Å²) in [6.45, 7) is 3.03. The van der Waals surface area contributed by atoms with Crippen LogP contribution in [0.5, 0.6) is 0 Å². The van der Waals surface area contributed by atoms with Gasteiger partial charge in [-0.05, 0) is 13.0 Å². The molecule has 0 bridgehead atoms. The number of rotatable bonds is 2. The lowest BCUT2D eigenvalue weighted by Gasteiger charge is -2.07. The lowest BCUT2D eigenvalue weighted by Crippen LogP contribution is -2.04. The average molecular weight is 266 g/mol. The number of halogens is 2. The van der Waals surface area contributed by atoms with Gasteiger partial charge in [-0.15, -0.1) is 0 Å². The van der Waals surface area contributed by atoms with Crippen LogP contribution in [0.1, 0.15) is 23.1 Å². The Morgan fingerprint density at radius 3 is 2.67 bits per heavy atom. The highest BCUT2D eigenvalue weighted by Crippen LogP contribution is 2.27. The molecular weight excluding hydrogens is 257 g/mol. The maximum absolute atomic E-state index is 13.9. The van der Waals surface area contributed by atoms with Gasteiger partial charge >= 0.3 is 0 Å². The highest BCUT2D eigenvalue weighted by molar-refractivity contribution is 6.29. The molecular formula is C12H9ClFN3O. The first-order chi connectivity index (χ1) is 8.50. The van der Waals surface area contributed by atoms with Crippen molar-refractivity contribution in [3.63, 3.8) is 0 Å². The second-order valence-corrected chi connectivity index (χ2v) is 4.08. The van der Waals surface area contributed by atoms with Crippen molar-refractivity contribution in [2.24, 2.45) is 0 Å². The van der Waals surface area contributed by atoms with Crippen molar-refractivity contribution < 1.29 is 9.18 Å². The normalized spacial score (nSPS) is 10.4. The van der Waals surface area contributed by atoms with E-state index in [-0.39, 0.29) is 27.9 Å². The van der Waals surface area contributed by atoms with Gasteiger partial charge in [-0.2, -0.15) is 0 Å². The zero-order valence-corrected chi connectivity index (χ0v) is 10.5. The van der Waals surface area contributed by atoms with Crippen molar-refractivity contribution in [2.45, 2.75) is 13.8 Å². The molecule has 0 spiro atoms. The Morgan fingerprint density at radius 1 is 1.33 bits per heavy atom. The lowest BCUT2D eigenvalue weighted by atomic mass is 10.1. The molecule has 0 N–H and O–H groups in total. The topological polar surface area (TPSA) is 55.7 Å². The molecule has 0 aromatic carbocycles. The molecule has 0 saturated heterocycles. The van der Waals surface area contributed by atoms with E-state index in [2.05, 4.69) is 15.0 Å². The van der Waals surface area contributed by atoms with Gasteiger partial charge in [0.15, 0.2) is 16.8 Å². The lowest BCUT2D eigenvalue weighted by molar-refractivity contribution is 0.101. The van der Waals surface area contributed by atoms with E-state index in [4.69, 9.17) is 11.6 Å². The Hall–Kier alpha value is -1.88. The van der Waals surface area contributed by atoms with Crippen molar-refractivity contribution in [1.29, 1.82) is 0 Å². The fourth-order valence-electron chi connectivity index (χ4n) is 1.58. The highest BCUT2D eigenvalue weighted by atomic mass is 35.5. The zero-order chi connectivity index (χ0) is 13.3. The maximum Gasteiger partial charge on any atom is 0.180 e. The number of carbonyl (C=O) groups excluding carboxylic acids is 1. The van der Waals surface area contributed by atoms with Crippen LogP contribution in [0.3, 0.4) is 0 Å². The van der Waals surface area contributed by atoms with Crippen LogP contribution in [0.4, 0.5) is 4.39 Å². The molecule has 2 heterocycles. The highest BCUT2D eigenvalue weighted by Gasteiger charge is 2.18. The molecule has 6 heteroatoms. The third-order valence-electron chi connectivity index (χ3n) is 2.33. The van der Waals surface area contributed by atoms with Crippen LogP contribution < -0.4 is 0 Å². The van der Waals surface area contributed by atoms with Crippen LogP contribution in [0, 0.1) is 12.7 Å². The van der Waals surface area contributed by atoms with E-state index in [0.717, 1.165) is 0 Å². The van der Waals surface area contributed by atoms with E-state index in [9.17, 15) is 9.18 Å². The molecule has 2 aromatic heterocycles. The van der Waals surface area contributed by atoms with E-state index in [1.807, 2.05) is 0 Å². The number of pyridine rings is 1. The first kappa shape index (κ1) is 12.6. The van der Waals surface area contributed by atoms with Gasteiger partial charge < -0.3 is 0 Å². The van der Waals surface area contributed by atoms with Crippen molar-refractivity contribution in [3.8, 4) is 11.3 Å². The summed E-state index contributed by atoms with van der Waals surface area (Å²) in [4.78, 5) is 23.2. The number of hydrogen-bond donors (Lipinski definition) is 0. The predicted octanol–water partition coefficient (Wildman–Crippen LogP) is 2.84. The van der Waals surface area contributed by atoms with E-state index >= 15 is 0 Å². The summed E-state index contributed by atoms with van der Waals surface area (Å²) in [5.74, 6) is -0.992. The first-order valence-electron chi connectivity index (χ1n) is 5.15.